The summed E-state index contributed by atoms with van der Waals surface area (Å²) in [4.78, 5) is 46.8. The van der Waals surface area contributed by atoms with Crippen LogP contribution in [0.2, 0.25) is 0 Å². The first kappa shape index (κ1) is 31.4. The largest absolute Gasteiger partial charge is 0.480 e. The SMILES string of the molecule is CC(C)(C)OC(=O)NCCCCC(N)(O)C(=O)NCCCC[C@H](NC(=O)OC(C)(C)C)C(=O)O. The van der Waals surface area contributed by atoms with Crippen molar-refractivity contribution in [1.29, 1.82) is 0 Å². The normalized spacial score (nSPS) is 14.4. The fraction of sp³-hybridized carbons (Fsp3) is 0.818. The molecule has 0 aliphatic heterocycles. The van der Waals surface area contributed by atoms with Gasteiger partial charge in [0.1, 0.15) is 17.2 Å². The number of aliphatic carboxylic acids is 1. The molecule has 0 spiro atoms. The van der Waals surface area contributed by atoms with E-state index in [-0.39, 0.29) is 19.4 Å². The summed E-state index contributed by atoms with van der Waals surface area (Å²) in [5, 5.41) is 26.8. The van der Waals surface area contributed by atoms with Crippen molar-refractivity contribution in [3.8, 4) is 0 Å². The van der Waals surface area contributed by atoms with Crippen LogP contribution in [-0.4, -0.2) is 70.3 Å². The van der Waals surface area contributed by atoms with E-state index in [2.05, 4.69) is 16.0 Å². The van der Waals surface area contributed by atoms with Crippen molar-refractivity contribution in [2.75, 3.05) is 13.1 Å². The number of nitrogens with two attached hydrogens (primary N) is 1. The smallest absolute Gasteiger partial charge is 0.408 e. The molecular weight excluding hydrogens is 448 g/mol. The van der Waals surface area contributed by atoms with Gasteiger partial charge in [-0.1, -0.05) is 0 Å². The minimum absolute atomic E-state index is 0.00424. The summed E-state index contributed by atoms with van der Waals surface area (Å²) in [5.74, 6) is -1.93. The second kappa shape index (κ2) is 14.0. The zero-order chi connectivity index (χ0) is 26.6. The molecule has 0 heterocycles. The first-order valence-electron chi connectivity index (χ1n) is 11.4. The number of hydrogen-bond donors (Lipinski definition) is 6. The minimum Gasteiger partial charge on any atom is -0.480 e. The lowest BCUT2D eigenvalue weighted by Crippen LogP contribution is -2.54. The molecule has 0 radical (unpaired) electrons. The van der Waals surface area contributed by atoms with Crippen LogP contribution in [0.1, 0.15) is 80.1 Å². The van der Waals surface area contributed by atoms with Gasteiger partial charge >= 0.3 is 18.2 Å². The average molecular weight is 491 g/mol. The van der Waals surface area contributed by atoms with Gasteiger partial charge in [-0.15, -0.1) is 0 Å². The van der Waals surface area contributed by atoms with Crippen molar-refractivity contribution < 1.29 is 38.9 Å². The molecule has 34 heavy (non-hydrogen) atoms. The molecule has 12 nitrogen and oxygen atoms in total. The number of unbranched alkanes of at least 4 members (excludes halogenated alkanes) is 2. The monoisotopic (exact) mass is 490 g/mol. The van der Waals surface area contributed by atoms with Crippen LogP contribution < -0.4 is 21.7 Å². The van der Waals surface area contributed by atoms with E-state index in [1.165, 1.54) is 0 Å². The molecular formula is C22H42N4O8. The Balaban J connectivity index is 4.17. The molecule has 0 aromatic heterocycles. The van der Waals surface area contributed by atoms with Crippen molar-refractivity contribution in [3.63, 3.8) is 0 Å². The molecule has 198 valence electrons. The lowest BCUT2D eigenvalue weighted by molar-refractivity contribution is -0.140. The highest BCUT2D eigenvalue weighted by Gasteiger charge is 2.30. The molecule has 2 atom stereocenters. The van der Waals surface area contributed by atoms with Crippen LogP contribution in [0.4, 0.5) is 9.59 Å². The zero-order valence-electron chi connectivity index (χ0n) is 21.2. The number of carbonyl (C=O) groups is 4. The first-order valence-corrected chi connectivity index (χ1v) is 11.4. The van der Waals surface area contributed by atoms with E-state index in [4.69, 9.17) is 15.2 Å². The number of amides is 3. The number of rotatable bonds is 13. The predicted octanol–water partition coefficient (Wildman–Crippen LogP) is 1.59. The molecule has 1 unspecified atom stereocenters. The topological polar surface area (TPSA) is 189 Å². The molecule has 12 heteroatoms. The molecule has 0 aromatic rings. The Kier molecular flexibility index (Phi) is 12.9. The standard InChI is InChI=1S/C22H42N4O8/c1-20(2,3)33-18(30)25-14-10-8-12-22(23,32)17(29)24-13-9-7-11-15(16(27)28)26-19(31)34-21(4,5)6/h15,32H,7-14,23H2,1-6H3,(H,24,29)(H,25,30)(H,26,31)(H,27,28)/t15-,22?/m0/s1. The summed E-state index contributed by atoms with van der Waals surface area (Å²) in [5.41, 5.74) is 2.28. The second-order valence-corrected chi connectivity index (χ2v) is 10.1. The third kappa shape index (κ3) is 16.1. The molecule has 7 N–H and O–H groups in total. The van der Waals surface area contributed by atoms with Crippen molar-refractivity contribution in [2.24, 2.45) is 5.73 Å². The Morgan fingerprint density at radius 3 is 1.85 bits per heavy atom. The summed E-state index contributed by atoms with van der Waals surface area (Å²) < 4.78 is 10.2. The van der Waals surface area contributed by atoms with Crippen molar-refractivity contribution >= 4 is 24.1 Å². The van der Waals surface area contributed by atoms with E-state index in [9.17, 15) is 29.4 Å². The van der Waals surface area contributed by atoms with E-state index >= 15 is 0 Å². The van der Waals surface area contributed by atoms with Crippen LogP contribution in [0.15, 0.2) is 0 Å². The predicted molar refractivity (Wildman–Crippen MR) is 125 cm³/mol. The Labute approximate surface area is 201 Å². The highest BCUT2D eigenvalue weighted by Crippen LogP contribution is 2.11. The maximum Gasteiger partial charge on any atom is 0.408 e. The molecule has 0 bridgehead atoms. The fourth-order valence-electron chi connectivity index (χ4n) is 2.67. The fourth-order valence-corrected chi connectivity index (χ4v) is 2.67. The summed E-state index contributed by atoms with van der Waals surface area (Å²) >= 11 is 0. The van der Waals surface area contributed by atoms with Crippen LogP contribution in [0.5, 0.6) is 0 Å². The number of aliphatic hydroxyl groups is 1. The average Bonchev–Trinajstić information content (AvgIpc) is 2.63. The van der Waals surface area contributed by atoms with Crippen molar-refractivity contribution in [2.45, 2.75) is 103 Å². The molecule has 0 aliphatic rings. The summed E-state index contributed by atoms with van der Waals surface area (Å²) in [6.45, 7) is 10.8. The van der Waals surface area contributed by atoms with Gasteiger partial charge in [-0.2, -0.15) is 0 Å². The van der Waals surface area contributed by atoms with Crippen LogP contribution in [0, 0.1) is 0 Å². The van der Waals surface area contributed by atoms with Crippen LogP contribution in [-0.2, 0) is 19.1 Å². The van der Waals surface area contributed by atoms with E-state index in [0.29, 0.717) is 32.2 Å². The number of nitrogens with one attached hydrogen (secondary N) is 3. The van der Waals surface area contributed by atoms with Gasteiger partial charge < -0.3 is 35.6 Å². The second-order valence-electron chi connectivity index (χ2n) is 10.1. The van der Waals surface area contributed by atoms with Gasteiger partial charge in [0, 0.05) is 13.1 Å². The quantitative estimate of drug-likeness (QED) is 0.164. The number of carbonyl (C=O) groups excluding carboxylic acids is 3. The third-order valence-electron chi connectivity index (χ3n) is 4.24. The van der Waals surface area contributed by atoms with E-state index < -0.39 is 47.0 Å². The van der Waals surface area contributed by atoms with Crippen molar-refractivity contribution in [1.82, 2.24) is 16.0 Å². The van der Waals surface area contributed by atoms with Gasteiger partial charge in [0.05, 0.1) is 0 Å². The first-order chi connectivity index (χ1) is 15.4. The van der Waals surface area contributed by atoms with Crippen LogP contribution >= 0.6 is 0 Å². The molecule has 0 fully saturated rings. The Bertz CT molecular complexity index is 683. The van der Waals surface area contributed by atoms with E-state index in [1.807, 2.05) is 0 Å². The summed E-state index contributed by atoms with van der Waals surface area (Å²) in [6, 6.07) is -1.12. The van der Waals surface area contributed by atoms with Gasteiger partial charge in [0.15, 0.2) is 5.72 Å². The lowest BCUT2D eigenvalue weighted by atomic mass is 10.1. The molecule has 0 aliphatic carbocycles. The number of carboxylic acids is 1. The third-order valence-corrected chi connectivity index (χ3v) is 4.24. The summed E-state index contributed by atoms with van der Waals surface area (Å²) in [6.07, 6.45) is 0.480. The van der Waals surface area contributed by atoms with Crippen molar-refractivity contribution in [3.05, 3.63) is 0 Å². The Morgan fingerprint density at radius 1 is 0.824 bits per heavy atom. The van der Waals surface area contributed by atoms with Gasteiger partial charge in [-0.05, 0) is 80.1 Å². The van der Waals surface area contributed by atoms with Gasteiger partial charge in [0.25, 0.3) is 5.91 Å². The molecule has 3 amide bonds. The Morgan fingerprint density at radius 2 is 1.32 bits per heavy atom. The highest BCUT2D eigenvalue weighted by atomic mass is 16.6. The molecule has 0 rings (SSSR count). The highest BCUT2D eigenvalue weighted by molar-refractivity contribution is 5.84. The van der Waals surface area contributed by atoms with Crippen LogP contribution in [0.3, 0.4) is 0 Å². The zero-order valence-corrected chi connectivity index (χ0v) is 21.2. The molecule has 0 aromatic carbocycles. The van der Waals surface area contributed by atoms with E-state index in [0.717, 1.165) is 0 Å². The molecule has 0 saturated carbocycles. The summed E-state index contributed by atoms with van der Waals surface area (Å²) in [7, 11) is 0. The van der Waals surface area contributed by atoms with E-state index in [1.54, 1.807) is 41.5 Å². The van der Waals surface area contributed by atoms with Gasteiger partial charge in [0.2, 0.25) is 0 Å². The van der Waals surface area contributed by atoms with Gasteiger partial charge in [-0.3, -0.25) is 10.5 Å². The molecule has 0 saturated heterocycles. The van der Waals surface area contributed by atoms with Gasteiger partial charge in [-0.25, -0.2) is 14.4 Å². The lowest BCUT2D eigenvalue weighted by Gasteiger charge is -2.23. The number of carboxylic acid groups (broad SMARTS) is 1. The number of hydrogen-bond acceptors (Lipinski definition) is 8. The number of ether oxygens (including phenoxy) is 2. The minimum atomic E-state index is -2.06. The number of alkyl carbamates (subject to hydrolysis) is 2. The van der Waals surface area contributed by atoms with Crippen LogP contribution in [0.25, 0.3) is 0 Å². The maximum absolute atomic E-state index is 12.1. The Hall–Kier alpha value is -2.60. The maximum atomic E-state index is 12.1.